The first-order valence-electron chi connectivity index (χ1n) is 5.26. The summed E-state index contributed by atoms with van der Waals surface area (Å²) in [7, 11) is 0. The molecule has 1 amide bonds. The molecule has 2 aliphatic rings. The molecule has 0 spiro atoms. The van der Waals surface area contributed by atoms with Crippen molar-refractivity contribution in [2.24, 2.45) is 11.8 Å². The summed E-state index contributed by atoms with van der Waals surface area (Å²) >= 11 is 0. The van der Waals surface area contributed by atoms with Crippen molar-refractivity contribution in [2.75, 3.05) is 19.7 Å². The number of nitrogens with zero attached hydrogens (tertiary/aromatic N) is 1. The number of hydrogen-bond acceptors (Lipinski definition) is 2. The summed E-state index contributed by atoms with van der Waals surface area (Å²) in [6, 6.07) is 0. The normalized spacial score (nSPS) is 33.7. The van der Waals surface area contributed by atoms with Crippen LogP contribution in [-0.2, 0) is 9.53 Å². The molecule has 5 heteroatoms. The van der Waals surface area contributed by atoms with Crippen LogP contribution in [0.3, 0.4) is 0 Å². The molecule has 0 aromatic heterocycles. The first kappa shape index (κ1) is 10.8. The topological polar surface area (TPSA) is 29.5 Å². The maximum absolute atomic E-state index is 12.9. The third kappa shape index (κ3) is 1.62. The van der Waals surface area contributed by atoms with E-state index in [2.05, 4.69) is 0 Å². The quantitative estimate of drug-likeness (QED) is 0.712. The Labute approximate surface area is 87.4 Å². The highest BCUT2D eigenvalue weighted by atomic mass is 19.3. The Morgan fingerprint density at radius 2 is 2.07 bits per heavy atom. The van der Waals surface area contributed by atoms with Gasteiger partial charge in [-0.25, -0.2) is 8.78 Å². The molecule has 2 atom stereocenters. The molecule has 1 aliphatic heterocycles. The highest BCUT2D eigenvalue weighted by Gasteiger charge is 2.70. The molecule has 1 saturated heterocycles. The minimum absolute atomic E-state index is 0.0432. The first-order chi connectivity index (χ1) is 6.98. The minimum atomic E-state index is -2.78. The number of carbonyl (C=O) groups excluding carboxylic acids is 1. The van der Waals surface area contributed by atoms with Crippen LogP contribution in [0.15, 0.2) is 0 Å². The van der Waals surface area contributed by atoms with Crippen molar-refractivity contribution in [1.29, 1.82) is 0 Å². The maximum Gasteiger partial charge on any atom is 0.263 e. The van der Waals surface area contributed by atoms with Crippen molar-refractivity contribution in [2.45, 2.75) is 25.9 Å². The number of rotatable bonds is 3. The van der Waals surface area contributed by atoms with Gasteiger partial charge in [0.25, 0.3) is 5.92 Å². The van der Waals surface area contributed by atoms with E-state index in [1.807, 2.05) is 6.92 Å². The number of halogens is 2. The maximum atomic E-state index is 12.9. The van der Waals surface area contributed by atoms with E-state index in [1.165, 1.54) is 11.8 Å². The van der Waals surface area contributed by atoms with Gasteiger partial charge in [-0.3, -0.25) is 4.79 Å². The van der Waals surface area contributed by atoms with Crippen molar-refractivity contribution >= 4 is 5.91 Å². The average Bonchev–Trinajstić information content (AvgIpc) is 2.57. The van der Waals surface area contributed by atoms with E-state index in [1.54, 1.807) is 0 Å². The second kappa shape index (κ2) is 3.40. The third-order valence-corrected chi connectivity index (χ3v) is 3.24. The van der Waals surface area contributed by atoms with Gasteiger partial charge in [0.1, 0.15) is 5.92 Å². The molecule has 15 heavy (non-hydrogen) atoms. The van der Waals surface area contributed by atoms with Crippen molar-refractivity contribution in [3.8, 4) is 0 Å². The zero-order valence-electron chi connectivity index (χ0n) is 8.87. The van der Waals surface area contributed by atoms with Crippen LogP contribution in [0.1, 0.15) is 13.8 Å². The SMILES string of the molecule is CCOC1CN(C(=O)[C@@H]2[C@@H](C)C2(F)F)C1. The molecule has 1 saturated carbocycles. The van der Waals surface area contributed by atoms with E-state index >= 15 is 0 Å². The van der Waals surface area contributed by atoms with Gasteiger partial charge in [-0.05, 0) is 6.92 Å². The van der Waals surface area contributed by atoms with E-state index in [4.69, 9.17) is 4.74 Å². The van der Waals surface area contributed by atoms with Crippen molar-refractivity contribution in [3.63, 3.8) is 0 Å². The van der Waals surface area contributed by atoms with Crippen LogP contribution in [0.2, 0.25) is 0 Å². The Kier molecular flexibility index (Phi) is 2.45. The van der Waals surface area contributed by atoms with E-state index in [-0.39, 0.29) is 6.10 Å². The summed E-state index contributed by atoms with van der Waals surface area (Å²) in [4.78, 5) is 13.0. The lowest BCUT2D eigenvalue weighted by atomic mass is 10.1. The second-order valence-electron chi connectivity index (χ2n) is 4.26. The Morgan fingerprint density at radius 1 is 1.53 bits per heavy atom. The fourth-order valence-electron chi connectivity index (χ4n) is 2.01. The standard InChI is InChI=1S/C10H15F2NO2/c1-3-15-7-4-13(5-7)9(14)8-6(2)10(8,11)12/h6-8H,3-5H2,1-2H3/t6-,8+/m1/s1. The number of alkyl halides is 2. The number of ether oxygens (including phenoxy) is 1. The van der Waals surface area contributed by atoms with Gasteiger partial charge in [-0.1, -0.05) is 6.92 Å². The summed E-state index contributed by atoms with van der Waals surface area (Å²) in [5.41, 5.74) is 0. The number of amides is 1. The van der Waals surface area contributed by atoms with Crippen LogP contribution < -0.4 is 0 Å². The summed E-state index contributed by atoms with van der Waals surface area (Å²) in [5, 5.41) is 0. The summed E-state index contributed by atoms with van der Waals surface area (Å²) in [6.07, 6.45) is 0.0432. The monoisotopic (exact) mass is 219 g/mol. The zero-order chi connectivity index (χ0) is 11.2. The lowest BCUT2D eigenvalue weighted by Crippen LogP contribution is -2.55. The largest absolute Gasteiger partial charge is 0.375 e. The predicted molar refractivity (Wildman–Crippen MR) is 49.6 cm³/mol. The highest BCUT2D eigenvalue weighted by Crippen LogP contribution is 2.55. The van der Waals surface area contributed by atoms with Crippen LogP contribution in [0, 0.1) is 11.8 Å². The minimum Gasteiger partial charge on any atom is -0.375 e. The molecule has 0 aromatic rings. The lowest BCUT2D eigenvalue weighted by Gasteiger charge is -2.38. The molecule has 1 aliphatic carbocycles. The van der Waals surface area contributed by atoms with Crippen molar-refractivity contribution < 1.29 is 18.3 Å². The Morgan fingerprint density at radius 3 is 2.47 bits per heavy atom. The number of likely N-dealkylation sites (tertiary alicyclic amines) is 1. The molecule has 0 aromatic carbocycles. The van der Waals surface area contributed by atoms with Crippen LogP contribution in [0.4, 0.5) is 8.78 Å². The summed E-state index contributed by atoms with van der Waals surface area (Å²) < 4.78 is 31.1. The number of hydrogen-bond donors (Lipinski definition) is 0. The predicted octanol–water partition coefficient (Wildman–Crippen LogP) is 1.13. The van der Waals surface area contributed by atoms with Gasteiger partial charge in [0.05, 0.1) is 6.10 Å². The van der Waals surface area contributed by atoms with Crippen LogP contribution in [0.5, 0.6) is 0 Å². The molecule has 0 radical (unpaired) electrons. The lowest BCUT2D eigenvalue weighted by molar-refractivity contribution is -0.148. The molecule has 1 heterocycles. The van der Waals surface area contributed by atoms with E-state index in [0.29, 0.717) is 19.7 Å². The molecule has 86 valence electrons. The molecule has 2 fully saturated rings. The summed E-state index contributed by atoms with van der Waals surface area (Å²) in [5.74, 6) is -5.08. The van der Waals surface area contributed by atoms with Gasteiger partial charge in [-0.2, -0.15) is 0 Å². The van der Waals surface area contributed by atoms with E-state index in [0.717, 1.165) is 0 Å². The highest BCUT2D eigenvalue weighted by molar-refractivity contribution is 5.84. The van der Waals surface area contributed by atoms with E-state index in [9.17, 15) is 13.6 Å². The molecule has 3 nitrogen and oxygen atoms in total. The molecular weight excluding hydrogens is 204 g/mol. The molecular formula is C10H15F2NO2. The fraction of sp³-hybridized carbons (Fsp3) is 0.900. The first-order valence-corrected chi connectivity index (χ1v) is 5.26. The van der Waals surface area contributed by atoms with Crippen LogP contribution in [-0.4, -0.2) is 42.5 Å². The third-order valence-electron chi connectivity index (χ3n) is 3.24. The fourth-order valence-corrected chi connectivity index (χ4v) is 2.01. The molecule has 0 bridgehead atoms. The Balaban J connectivity index is 1.81. The Hall–Kier alpha value is -0.710. The number of carbonyl (C=O) groups is 1. The van der Waals surface area contributed by atoms with Gasteiger partial charge in [-0.15, -0.1) is 0 Å². The molecule has 0 N–H and O–H groups in total. The molecule has 0 unspecified atom stereocenters. The Bertz CT molecular complexity index is 277. The molecule has 2 rings (SSSR count). The van der Waals surface area contributed by atoms with Gasteiger partial charge < -0.3 is 9.64 Å². The van der Waals surface area contributed by atoms with Crippen LogP contribution in [0.25, 0.3) is 0 Å². The summed E-state index contributed by atoms with van der Waals surface area (Å²) in [6.45, 7) is 4.82. The average molecular weight is 219 g/mol. The second-order valence-corrected chi connectivity index (χ2v) is 4.26. The van der Waals surface area contributed by atoms with Crippen molar-refractivity contribution in [3.05, 3.63) is 0 Å². The van der Waals surface area contributed by atoms with Gasteiger partial charge in [0.2, 0.25) is 5.91 Å². The smallest absolute Gasteiger partial charge is 0.263 e. The zero-order valence-corrected chi connectivity index (χ0v) is 8.87. The van der Waals surface area contributed by atoms with Crippen molar-refractivity contribution in [1.82, 2.24) is 4.90 Å². The van der Waals surface area contributed by atoms with Gasteiger partial charge in [0.15, 0.2) is 0 Å². The van der Waals surface area contributed by atoms with Crippen LogP contribution >= 0.6 is 0 Å². The van der Waals surface area contributed by atoms with E-state index < -0.39 is 23.7 Å². The van der Waals surface area contributed by atoms with Gasteiger partial charge >= 0.3 is 0 Å². The van der Waals surface area contributed by atoms with Gasteiger partial charge in [0, 0.05) is 25.6 Å².